The van der Waals surface area contributed by atoms with Gasteiger partial charge in [-0.15, -0.1) is 6.58 Å². The molecular formula is C7H13NO. The molecule has 0 aliphatic carbocycles. The normalized spacial score (nSPS) is 12.2. The summed E-state index contributed by atoms with van der Waals surface area (Å²) in [5, 5.41) is 7.10. The number of rotatable bonds is 3. The third kappa shape index (κ3) is 3.76. The Kier molecular flexibility index (Phi) is 3.76. The number of hydrogen-bond donors (Lipinski definition) is 1. The summed E-state index contributed by atoms with van der Waals surface area (Å²) in [5.74, 6) is 0.667. The molecule has 1 N–H and O–H groups in total. The van der Waals surface area contributed by atoms with Crippen molar-refractivity contribution in [2.24, 2.45) is 5.92 Å². The van der Waals surface area contributed by atoms with Crippen molar-refractivity contribution < 1.29 is 4.74 Å². The van der Waals surface area contributed by atoms with Gasteiger partial charge in [0.15, 0.2) is 5.90 Å². The van der Waals surface area contributed by atoms with Gasteiger partial charge in [0.2, 0.25) is 0 Å². The molecule has 0 saturated carbocycles. The Balaban J connectivity index is 3.46. The van der Waals surface area contributed by atoms with E-state index in [0.717, 1.165) is 0 Å². The van der Waals surface area contributed by atoms with Gasteiger partial charge in [-0.1, -0.05) is 13.0 Å². The van der Waals surface area contributed by atoms with E-state index in [4.69, 9.17) is 5.41 Å². The van der Waals surface area contributed by atoms with Crippen LogP contribution < -0.4 is 0 Å². The third-order valence-corrected chi connectivity index (χ3v) is 1.16. The van der Waals surface area contributed by atoms with Crippen LogP contribution in [0.25, 0.3) is 0 Å². The van der Waals surface area contributed by atoms with Crippen molar-refractivity contribution in [2.75, 3.05) is 7.11 Å². The topological polar surface area (TPSA) is 33.1 Å². The molecule has 0 amide bonds. The van der Waals surface area contributed by atoms with Crippen molar-refractivity contribution in [1.82, 2.24) is 0 Å². The second kappa shape index (κ2) is 4.13. The fourth-order valence-corrected chi connectivity index (χ4v) is 0.459. The van der Waals surface area contributed by atoms with Gasteiger partial charge >= 0.3 is 0 Å². The molecule has 0 aromatic carbocycles. The molecule has 0 fully saturated rings. The largest absolute Gasteiger partial charge is 0.484 e. The Bertz CT molecular complexity index is 109. The zero-order chi connectivity index (χ0) is 7.28. The number of ether oxygens (including phenoxy) is 1. The smallest absolute Gasteiger partial charge is 0.180 e. The van der Waals surface area contributed by atoms with Gasteiger partial charge in [-0.3, -0.25) is 5.41 Å². The standard InChI is InChI=1S/C7H13NO/c1-4-6(2)5-7(8)9-3/h4,6,8H,1,5H2,2-3H3. The van der Waals surface area contributed by atoms with E-state index >= 15 is 0 Å². The van der Waals surface area contributed by atoms with E-state index in [0.29, 0.717) is 18.2 Å². The van der Waals surface area contributed by atoms with Gasteiger partial charge in [0.05, 0.1) is 7.11 Å². The average molecular weight is 127 g/mol. The second-order valence-corrected chi connectivity index (χ2v) is 2.04. The van der Waals surface area contributed by atoms with Gasteiger partial charge < -0.3 is 4.74 Å². The minimum Gasteiger partial charge on any atom is -0.484 e. The molecular weight excluding hydrogens is 114 g/mol. The summed E-state index contributed by atoms with van der Waals surface area (Å²) in [7, 11) is 1.51. The maximum Gasteiger partial charge on any atom is 0.180 e. The van der Waals surface area contributed by atoms with E-state index in [1.807, 2.05) is 13.0 Å². The van der Waals surface area contributed by atoms with Crippen molar-refractivity contribution in [3.63, 3.8) is 0 Å². The van der Waals surface area contributed by atoms with E-state index in [1.165, 1.54) is 7.11 Å². The number of nitrogens with one attached hydrogen (secondary N) is 1. The van der Waals surface area contributed by atoms with Crippen LogP contribution in [0, 0.1) is 11.3 Å². The lowest BCUT2D eigenvalue weighted by Crippen LogP contribution is -2.03. The quantitative estimate of drug-likeness (QED) is 0.350. The fourth-order valence-electron chi connectivity index (χ4n) is 0.459. The average Bonchev–Trinajstić information content (AvgIpc) is 1.87. The lowest BCUT2D eigenvalue weighted by atomic mass is 10.1. The minimum atomic E-state index is 0.322. The summed E-state index contributed by atoms with van der Waals surface area (Å²) < 4.78 is 4.66. The molecule has 0 spiro atoms. The number of methoxy groups -OCH3 is 1. The minimum absolute atomic E-state index is 0.322. The maximum absolute atomic E-state index is 7.10. The summed E-state index contributed by atoms with van der Waals surface area (Å²) >= 11 is 0. The molecule has 0 rings (SSSR count). The molecule has 0 heterocycles. The first-order chi connectivity index (χ1) is 4.20. The summed E-state index contributed by atoms with van der Waals surface area (Å²) in [6, 6.07) is 0. The Morgan fingerprint density at radius 1 is 1.89 bits per heavy atom. The molecule has 9 heavy (non-hydrogen) atoms. The third-order valence-electron chi connectivity index (χ3n) is 1.16. The van der Waals surface area contributed by atoms with Crippen LogP contribution in [0.4, 0.5) is 0 Å². The highest BCUT2D eigenvalue weighted by Crippen LogP contribution is 2.02. The Labute approximate surface area is 56.0 Å². The van der Waals surface area contributed by atoms with Crippen LogP contribution in [-0.2, 0) is 4.74 Å². The van der Waals surface area contributed by atoms with Gasteiger partial charge in [0.1, 0.15) is 0 Å². The summed E-state index contributed by atoms with van der Waals surface area (Å²) in [5.41, 5.74) is 0. The van der Waals surface area contributed by atoms with Crippen molar-refractivity contribution in [3.8, 4) is 0 Å². The van der Waals surface area contributed by atoms with Crippen molar-refractivity contribution >= 4 is 5.90 Å². The SMILES string of the molecule is C=CC(C)CC(=N)OC. The highest BCUT2D eigenvalue weighted by atomic mass is 16.5. The summed E-state index contributed by atoms with van der Waals surface area (Å²) in [6.45, 7) is 5.60. The highest BCUT2D eigenvalue weighted by Gasteiger charge is 1.99. The van der Waals surface area contributed by atoms with Gasteiger partial charge in [0.25, 0.3) is 0 Å². The first-order valence-electron chi connectivity index (χ1n) is 2.94. The predicted octanol–water partition coefficient (Wildman–Crippen LogP) is 1.82. The molecule has 2 heteroatoms. The van der Waals surface area contributed by atoms with Crippen LogP contribution in [0.3, 0.4) is 0 Å². The molecule has 0 aliphatic heterocycles. The van der Waals surface area contributed by atoms with Crippen LogP contribution in [0.15, 0.2) is 12.7 Å². The predicted molar refractivity (Wildman–Crippen MR) is 38.7 cm³/mol. The zero-order valence-corrected chi connectivity index (χ0v) is 5.98. The second-order valence-electron chi connectivity index (χ2n) is 2.04. The summed E-state index contributed by atoms with van der Waals surface area (Å²) in [6.07, 6.45) is 2.47. The van der Waals surface area contributed by atoms with E-state index < -0.39 is 0 Å². The highest BCUT2D eigenvalue weighted by molar-refractivity contribution is 5.72. The fraction of sp³-hybridized carbons (Fsp3) is 0.571. The van der Waals surface area contributed by atoms with Gasteiger partial charge in [-0.25, -0.2) is 0 Å². The molecule has 0 bridgehead atoms. The van der Waals surface area contributed by atoms with Crippen molar-refractivity contribution in [1.29, 1.82) is 5.41 Å². The van der Waals surface area contributed by atoms with E-state index in [-0.39, 0.29) is 0 Å². The maximum atomic E-state index is 7.10. The van der Waals surface area contributed by atoms with Crippen LogP contribution in [0.2, 0.25) is 0 Å². The molecule has 1 unspecified atom stereocenters. The molecule has 0 aliphatic rings. The van der Waals surface area contributed by atoms with Gasteiger partial charge in [-0.2, -0.15) is 0 Å². The van der Waals surface area contributed by atoms with Crippen LogP contribution in [0.5, 0.6) is 0 Å². The molecule has 0 aromatic heterocycles. The van der Waals surface area contributed by atoms with E-state index in [9.17, 15) is 0 Å². The first-order valence-corrected chi connectivity index (χ1v) is 2.94. The lowest BCUT2D eigenvalue weighted by molar-refractivity contribution is 0.379. The van der Waals surface area contributed by atoms with E-state index in [1.54, 1.807) is 0 Å². The van der Waals surface area contributed by atoms with Gasteiger partial charge in [-0.05, 0) is 5.92 Å². The Morgan fingerprint density at radius 3 is 2.78 bits per heavy atom. The Hall–Kier alpha value is -0.790. The molecule has 1 atom stereocenters. The lowest BCUT2D eigenvalue weighted by Gasteiger charge is -2.04. The van der Waals surface area contributed by atoms with Gasteiger partial charge in [0, 0.05) is 6.42 Å². The van der Waals surface area contributed by atoms with Crippen LogP contribution >= 0.6 is 0 Å². The number of allylic oxidation sites excluding steroid dienone is 1. The van der Waals surface area contributed by atoms with Crippen molar-refractivity contribution in [2.45, 2.75) is 13.3 Å². The van der Waals surface area contributed by atoms with E-state index in [2.05, 4.69) is 11.3 Å². The number of hydrogen-bond acceptors (Lipinski definition) is 2. The van der Waals surface area contributed by atoms with Crippen LogP contribution in [0.1, 0.15) is 13.3 Å². The van der Waals surface area contributed by atoms with Crippen LogP contribution in [-0.4, -0.2) is 13.0 Å². The Morgan fingerprint density at radius 2 is 2.44 bits per heavy atom. The molecule has 2 nitrogen and oxygen atoms in total. The monoisotopic (exact) mass is 127 g/mol. The summed E-state index contributed by atoms with van der Waals surface area (Å²) in [4.78, 5) is 0. The molecule has 0 radical (unpaired) electrons. The van der Waals surface area contributed by atoms with Crippen molar-refractivity contribution in [3.05, 3.63) is 12.7 Å². The zero-order valence-electron chi connectivity index (χ0n) is 5.98. The first kappa shape index (κ1) is 8.21. The molecule has 52 valence electrons. The molecule has 0 aromatic rings. The molecule has 0 saturated heterocycles.